The fourth-order valence-corrected chi connectivity index (χ4v) is 2.95. The Kier molecular flexibility index (Phi) is 2.91. The van der Waals surface area contributed by atoms with Crippen LogP contribution in [0, 0.1) is 5.92 Å². The van der Waals surface area contributed by atoms with E-state index < -0.39 is 0 Å². The highest BCUT2D eigenvalue weighted by molar-refractivity contribution is 5.92. The summed E-state index contributed by atoms with van der Waals surface area (Å²) in [4.78, 5) is 18.6. The van der Waals surface area contributed by atoms with Crippen molar-refractivity contribution in [2.24, 2.45) is 5.92 Å². The number of nitrogens with two attached hydrogens (primary N) is 1. The van der Waals surface area contributed by atoms with Crippen LogP contribution in [0.5, 0.6) is 0 Å². The maximum atomic E-state index is 12.1. The van der Waals surface area contributed by atoms with Gasteiger partial charge in [0.15, 0.2) is 0 Å². The topological polar surface area (TPSA) is 71.2 Å². The van der Waals surface area contributed by atoms with E-state index in [1.54, 1.807) is 18.2 Å². The first-order valence-electron chi connectivity index (χ1n) is 6.48. The Hall–Kier alpha value is -1.62. The van der Waals surface area contributed by atoms with Crippen molar-refractivity contribution < 1.29 is 4.79 Å². The van der Waals surface area contributed by atoms with E-state index >= 15 is 0 Å². The molecule has 3 aliphatic heterocycles. The van der Waals surface area contributed by atoms with Gasteiger partial charge in [-0.1, -0.05) is 6.07 Å². The van der Waals surface area contributed by atoms with E-state index in [1.165, 1.54) is 25.9 Å². The van der Waals surface area contributed by atoms with Gasteiger partial charge < -0.3 is 16.0 Å². The number of nitrogen functional groups attached to an aromatic ring is 1. The smallest absolute Gasteiger partial charge is 0.270 e. The van der Waals surface area contributed by atoms with Crippen molar-refractivity contribution in [2.75, 3.05) is 25.4 Å². The molecule has 0 spiro atoms. The third-order valence-electron chi connectivity index (χ3n) is 3.98. The number of amides is 1. The summed E-state index contributed by atoms with van der Waals surface area (Å²) in [7, 11) is 0. The predicted molar refractivity (Wildman–Crippen MR) is 69.1 cm³/mol. The lowest BCUT2D eigenvalue weighted by Gasteiger charge is -2.44. The quantitative estimate of drug-likeness (QED) is 0.796. The average Bonchev–Trinajstić information content (AvgIpc) is 2.40. The van der Waals surface area contributed by atoms with Crippen LogP contribution in [0.3, 0.4) is 0 Å². The molecule has 1 unspecified atom stereocenters. The molecule has 5 nitrogen and oxygen atoms in total. The second-order valence-corrected chi connectivity index (χ2v) is 5.17. The molecular formula is C13H18N4O. The van der Waals surface area contributed by atoms with Crippen molar-refractivity contribution in [3.05, 3.63) is 23.9 Å². The Morgan fingerprint density at radius 1 is 1.39 bits per heavy atom. The molecule has 1 atom stereocenters. The Morgan fingerprint density at radius 2 is 2.17 bits per heavy atom. The molecule has 96 valence electrons. The van der Waals surface area contributed by atoms with Gasteiger partial charge in [-0.05, 0) is 44.0 Å². The van der Waals surface area contributed by atoms with E-state index in [2.05, 4.69) is 15.2 Å². The van der Waals surface area contributed by atoms with E-state index in [9.17, 15) is 4.79 Å². The normalized spacial score (nSPS) is 30.1. The first kappa shape index (κ1) is 11.5. The molecule has 3 aliphatic rings. The van der Waals surface area contributed by atoms with Crippen molar-refractivity contribution in [1.82, 2.24) is 15.2 Å². The van der Waals surface area contributed by atoms with E-state index in [1.807, 2.05) is 0 Å². The number of pyridine rings is 1. The van der Waals surface area contributed by atoms with Crippen molar-refractivity contribution in [3.63, 3.8) is 0 Å². The SMILES string of the molecule is Nc1cccc(C(=O)NC2CN3CCC2CC3)n1. The summed E-state index contributed by atoms with van der Waals surface area (Å²) in [6.45, 7) is 3.32. The molecule has 0 saturated carbocycles. The summed E-state index contributed by atoms with van der Waals surface area (Å²) in [6, 6.07) is 5.41. The number of fused-ring (bicyclic) bond motifs is 3. The summed E-state index contributed by atoms with van der Waals surface area (Å²) < 4.78 is 0. The standard InChI is InChI=1S/C13H18N4O/c14-12-3-1-2-10(15-12)13(18)16-11-8-17-6-4-9(11)5-7-17/h1-3,9,11H,4-8H2,(H2,14,15)(H,16,18). The van der Waals surface area contributed by atoms with Gasteiger partial charge in [-0.2, -0.15) is 0 Å². The van der Waals surface area contributed by atoms with Gasteiger partial charge in [-0.25, -0.2) is 4.98 Å². The summed E-state index contributed by atoms with van der Waals surface area (Å²) in [6.07, 6.45) is 2.38. The number of carbonyl (C=O) groups is 1. The van der Waals surface area contributed by atoms with Crippen LogP contribution in [-0.4, -0.2) is 41.5 Å². The number of nitrogens with one attached hydrogen (secondary N) is 1. The van der Waals surface area contributed by atoms with Gasteiger partial charge in [0.05, 0.1) is 0 Å². The molecule has 3 N–H and O–H groups in total. The van der Waals surface area contributed by atoms with Gasteiger partial charge in [0.25, 0.3) is 5.91 Å². The second kappa shape index (κ2) is 4.57. The predicted octanol–water partition coefficient (Wildman–Crippen LogP) is 0.488. The molecule has 1 aromatic heterocycles. The molecule has 4 rings (SSSR count). The minimum Gasteiger partial charge on any atom is -0.384 e. The summed E-state index contributed by atoms with van der Waals surface area (Å²) in [5.74, 6) is 0.901. The fraction of sp³-hybridized carbons (Fsp3) is 0.538. The Labute approximate surface area is 106 Å². The highest BCUT2D eigenvalue weighted by Crippen LogP contribution is 2.27. The zero-order valence-corrected chi connectivity index (χ0v) is 10.3. The lowest BCUT2D eigenvalue weighted by atomic mass is 9.84. The maximum Gasteiger partial charge on any atom is 0.270 e. The minimum atomic E-state index is -0.110. The van der Waals surface area contributed by atoms with E-state index in [4.69, 9.17) is 5.73 Å². The Balaban J connectivity index is 1.68. The number of anilines is 1. The van der Waals surface area contributed by atoms with Crippen LogP contribution < -0.4 is 11.1 Å². The average molecular weight is 246 g/mol. The van der Waals surface area contributed by atoms with Gasteiger partial charge in [-0.15, -0.1) is 0 Å². The van der Waals surface area contributed by atoms with Crippen molar-refractivity contribution in [3.8, 4) is 0 Å². The maximum absolute atomic E-state index is 12.1. The molecule has 0 aliphatic carbocycles. The Bertz CT molecular complexity index is 454. The van der Waals surface area contributed by atoms with Crippen LogP contribution in [0.2, 0.25) is 0 Å². The van der Waals surface area contributed by atoms with E-state index in [-0.39, 0.29) is 11.9 Å². The highest BCUT2D eigenvalue weighted by Gasteiger charge is 2.35. The van der Waals surface area contributed by atoms with Crippen molar-refractivity contribution in [2.45, 2.75) is 18.9 Å². The third-order valence-corrected chi connectivity index (χ3v) is 3.98. The first-order chi connectivity index (χ1) is 8.72. The number of nitrogens with zero attached hydrogens (tertiary/aromatic N) is 2. The van der Waals surface area contributed by atoms with E-state index in [0.29, 0.717) is 17.4 Å². The molecule has 3 saturated heterocycles. The third kappa shape index (κ3) is 2.18. The van der Waals surface area contributed by atoms with Crippen molar-refractivity contribution in [1.29, 1.82) is 0 Å². The molecule has 1 aromatic rings. The zero-order chi connectivity index (χ0) is 12.5. The number of hydrogen-bond donors (Lipinski definition) is 2. The van der Waals surface area contributed by atoms with Crippen LogP contribution in [0.15, 0.2) is 18.2 Å². The molecule has 0 radical (unpaired) electrons. The largest absolute Gasteiger partial charge is 0.384 e. The van der Waals surface area contributed by atoms with Crippen LogP contribution in [0.25, 0.3) is 0 Å². The minimum absolute atomic E-state index is 0.110. The molecule has 5 heteroatoms. The van der Waals surface area contributed by atoms with Crippen LogP contribution in [0.1, 0.15) is 23.3 Å². The number of rotatable bonds is 2. The Morgan fingerprint density at radius 3 is 2.78 bits per heavy atom. The molecule has 2 bridgehead atoms. The van der Waals surface area contributed by atoms with Crippen LogP contribution >= 0.6 is 0 Å². The van der Waals surface area contributed by atoms with Crippen molar-refractivity contribution >= 4 is 11.7 Å². The summed E-state index contributed by atoms with van der Waals surface area (Å²) in [5.41, 5.74) is 6.00. The fourth-order valence-electron chi connectivity index (χ4n) is 2.95. The number of aromatic nitrogens is 1. The summed E-state index contributed by atoms with van der Waals surface area (Å²) in [5, 5.41) is 3.10. The molecule has 4 heterocycles. The lowest BCUT2D eigenvalue weighted by molar-refractivity contribution is 0.0618. The lowest BCUT2D eigenvalue weighted by Crippen LogP contribution is -2.57. The van der Waals surface area contributed by atoms with Gasteiger partial charge in [0.1, 0.15) is 11.5 Å². The molecule has 0 aromatic carbocycles. The van der Waals surface area contributed by atoms with Crippen LogP contribution in [0.4, 0.5) is 5.82 Å². The van der Waals surface area contributed by atoms with Crippen LogP contribution in [-0.2, 0) is 0 Å². The molecule has 3 fully saturated rings. The van der Waals surface area contributed by atoms with Gasteiger partial charge in [-0.3, -0.25) is 4.79 Å². The van der Waals surface area contributed by atoms with Gasteiger partial charge >= 0.3 is 0 Å². The number of piperidine rings is 3. The molecule has 18 heavy (non-hydrogen) atoms. The number of hydrogen-bond acceptors (Lipinski definition) is 4. The first-order valence-corrected chi connectivity index (χ1v) is 6.48. The van der Waals surface area contributed by atoms with Gasteiger partial charge in [0, 0.05) is 12.6 Å². The molecule has 1 amide bonds. The highest BCUT2D eigenvalue weighted by atomic mass is 16.2. The summed E-state index contributed by atoms with van der Waals surface area (Å²) >= 11 is 0. The number of carbonyl (C=O) groups excluding carboxylic acids is 1. The zero-order valence-electron chi connectivity index (χ0n) is 10.3. The second-order valence-electron chi connectivity index (χ2n) is 5.17. The van der Waals surface area contributed by atoms with Gasteiger partial charge in [0.2, 0.25) is 0 Å². The monoisotopic (exact) mass is 246 g/mol. The molecular weight excluding hydrogens is 228 g/mol. The van der Waals surface area contributed by atoms with E-state index in [0.717, 1.165) is 6.54 Å².